The molecule has 0 bridgehead atoms. The van der Waals surface area contributed by atoms with Gasteiger partial charge in [-0.15, -0.1) is 0 Å². The number of aryl methyl sites for hydroxylation is 2. The molecule has 3 N–H and O–H groups in total. The third-order valence-corrected chi connectivity index (χ3v) is 11.6. The van der Waals surface area contributed by atoms with Gasteiger partial charge in [-0.05, 0) is 98.7 Å². The van der Waals surface area contributed by atoms with Gasteiger partial charge in [-0.3, -0.25) is 14.8 Å². The van der Waals surface area contributed by atoms with E-state index in [1.807, 2.05) is 30.5 Å². The first-order chi connectivity index (χ1) is 26.7. The van der Waals surface area contributed by atoms with Crippen molar-refractivity contribution in [2.24, 2.45) is 0 Å². The maximum Gasteiger partial charge on any atom is 0.0737 e. The van der Waals surface area contributed by atoms with Gasteiger partial charge in [0.25, 0.3) is 0 Å². The highest BCUT2D eigenvalue weighted by Crippen LogP contribution is 2.35. The number of ether oxygens (including phenoxy) is 2. The predicted molar refractivity (Wildman–Crippen MR) is 228 cm³/mol. The summed E-state index contributed by atoms with van der Waals surface area (Å²) in [7, 11) is 4.40. The number of fused-ring (bicyclic) bond motifs is 1. The van der Waals surface area contributed by atoms with Gasteiger partial charge in [-0.25, -0.2) is 0 Å². The Balaban J connectivity index is 0.000000184. The topological polar surface area (TPSA) is 88.8 Å². The molecule has 4 aromatic rings. The number of benzene rings is 3. The van der Waals surface area contributed by atoms with Crippen LogP contribution in [0.3, 0.4) is 0 Å². The number of hydrogen-bond donors (Lipinski definition) is 2. The molecule has 0 aliphatic carbocycles. The Morgan fingerprint density at radius 1 is 0.655 bits per heavy atom. The van der Waals surface area contributed by atoms with Crippen LogP contribution < -0.4 is 20.9 Å². The molecule has 0 spiro atoms. The van der Waals surface area contributed by atoms with E-state index in [9.17, 15) is 0 Å². The first-order valence-electron chi connectivity index (χ1n) is 20.0. The summed E-state index contributed by atoms with van der Waals surface area (Å²) in [4.78, 5) is 19.4. The second-order valence-electron chi connectivity index (χ2n) is 15.6. The second kappa shape index (κ2) is 18.5. The fourth-order valence-electron chi connectivity index (χ4n) is 8.40. The Morgan fingerprint density at radius 3 is 1.75 bits per heavy atom. The molecule has 12 heteroatoms. The summed E-state index contributed by atoms with van der Waals surface area (Å²) in [5.74, 6) is 0. The zero-order valence-corrected chi connectivity index (χ0v) is 34.1. The molecular formula is C43H60ClN9O2. The number of nitrogens with zero attached hydrogens (tertiary/aromatic N) is 7. The molecular weight excluding hydrogens is 710 g/mol. The SMILES string of the molecule is Cc1cc(N)cc(CN2CCOCC2)c1N1CCN(C)CC1.Cc1cc(Nc2ccnc3cc(Cl)ccc23)cc(CN2CCOCC2)c1N1CCN(C)CC1. The molecule has 0 saturated carbocycles. The van der Waals surface area contributed by atoms with Gasteiger partial charge < -0.3 is 40.1 Å². The van der Waals surface area contributed by atoms with Gasteiger partial charge in [0.2, 0.25) is 0 Å². The average molecular weight is 770 g/mol. The smallest absolute Gasteiger partial charge is 0.0737 e. The third-order valence-electron chi connectivity index (χ3n) is 11.4. The van der Waals surface area contributed by atoms with Crippen LogP contribution >= 0.6 is 11.6 Å². The van der Waals surface area contributed by atoms with Crippen LogP contribution in [0.15, 0.2) is 54.7 Å². The summed E-state index contributed by atoms with van der Waals surface area (Å²) in [6.45, 7) is 22.4. The van der Waals surface area contributed by atoms with Crippen molar-refractivity contribution in [2.75, 3.05) is 140 Å². The number of morpholine rings is 2. The fourth-order valence-corrected chi connectivity index (χ4v) is 8.57. The van der Waals surface area contributed by atoms with E-state index in [2.05, 4.69) is 91.9 Å². The van der Waals surface area contributed by atoms with Crippen molar-refractivity contribution in [3.8, 4) is 0 Å². The zero-order chi connectivity index (χ0) is 38.3. The summed E-state index contributed by atoms with van der Waals surface area (Å²) >= 11 is 6.18. The molecule has 0 amide bonds. The van der Waals surface area contributed by atoms with Gasteiger partial charge >= 0.3 is 0 Å². The van der Waals surface area contributed by atoms with E-state index in [-0.39, 0.29) is 0 Å². The van der Waals surface area contributed by atoms with Crippen molar-refractivity contribution in [1.82, 2.24) is 24.6 Å². The van der Waals surface area contributed by atoms with Crippen molar-refractivity contribution >= 4 is 50.9 Å². The molecule has 1 aromatic heterocycles. The lowest BCUT2D eigenvalue weighted by atomic mass is 10.0. The Morgan fingerprint density at radius 2 is 1.18 bits per heavy atom. The van der Waals surface area contributed by atoms with Crippen LogP contribution in [0.5, 0.6) is 0 Å². The molecule has 4 fully saturated rings. The first-order valence-corrected chi connectivity index (χ1v) is 20.4. The molecule has 4 saturated heterocycles. The Labute approximate surface area is 332 Å². The number of pyridine rings is 1. The molecule has 4 aliphatic heterocycles. The minimum Gasteiger partial charge on any atom is -0.399 e. The highest BCUT2D eigenvalue weighted by atomic mass is 35.5. The average Bonchev–Trinajstić information content (AvgIpc) is 3.17. The predicted octanol–water partition coefficient (Wildman–Crippen LogP) is 5.69. The lowest BCUT2D eigenvalue weighted by Gasteiger charge is -2.37. The number of piperazine rings is 2. The molecule has 5 heterocycles. The van der Waals surface area contributed by atoms with Gasteiger partial charge in [0.1, 0.15) is 0 Å². The molecule has 0 unspecified atom stereocenters. The number of anilines is 5. The quantitative estimate of drug-likeness (QED) is 0.217. The normalized spacial score (nSPS) is 19.4. The van der Waals surface area contributed by atoms with Crippen LogP contribution in [0.1, 0.15) is 22.3 Å². The van der Waals surface area contributed by atoms with Gasteiger partial charge in [-0.1, -0.05) is 11.6 Å². The summed E-state index contributed by atoms with van der Waals surface area (Å²) < 4.78 is 11.0. The maximum atomic E-state index is 6.18. The summed E-state index contributed by atoms with van der Waals surface area (Å²) in [6.07, 6.45) is 1.83. The minimum atomic E-state index is 0.701. The lowest BCUT2D eigenvalue weighted by molar-refractivity contribution is 0.0341. The summed E-state index contributed by atoms with van der Waals surface area (Å²) in [6, 6.07) is 16.8. The van der Waals surface area contributed by atoms with Crippen LogP contribution in [0.2, 0.25) is 5.02 Å². The largest absolute Gasteiger partial charge is 0.399 e. The molecule has 11 nitrogen and oxygen atoms in total. The standard InChI is InChI=1S/C26H32ClN5O.C17H28N4O/c1-19-15-22(29-24-5-6-28-25-17-21(27)3-4-23(24)25)16-20(18-31-11-13-33-14-12-31)26(19)32-9-7-30(2)8-10-32;1-14-11-16(18)12-15(13-20-7-9-22-10-8-20)17(14)21-5-3-19(2)4-6-21/h3-6,15-17H,7-14,18H2,1-2H3,(H,28,29);11-12H,3-10,13,18H2,1-2H3. The molecule has 4 aliphatic rings. The Bertz CT molecular complexity index is 1880. The summed E-state index contributed by atoms with van der Waals surface area (Å²) in [5.41, 5.74) is 18.2. The number of nitrogen functional groups attached to an aromatic ring is 1. The summed E-state index contributed by atoms with van der Waals surface area (Å²) in [5, 5.41) is 5.44. The van der Waals surface area contributed by atoms with Crippen molar-refractivity contribution in [1.29, 1.82) is 0 Å². The maximum absolute atomic E-state index is 6.18. The number of likely N-dealkylation sites (N-methyl/N-ethyl adjacent to an activating group) is 2. The Kier molecular flexibility index (Phi) is 13.3. The highest BCUT2D eigenvalue weighted by Gasteiger charge is 2.23. The van der Waals surface area contributed by atoms with Gasteiger partial charge in [0.15, 0.2) is 0 Å². The molecule has 0 radical (unpaired) electrons. The van der Waals surface area contributed by atoms with E-state index in [1.54, 1.807) is 0 Å². The van der Waals surface area contributed by atoms with Gasteiger partial charge in [0, 0.05) is 137 Å². The van der Waals surface area contributed by atoms with E-state index >= 15 is 0 Å². The molecule has 3 aromatic carbocycles. The minimum absolute atomic E-state index is 0.701. The zero-order valence-electron chi connectivity index (χ0n) is 33.3. The molecule has 0 atom stereocenters. The van der Waals surface area contributed by atoms with Crippen LogP contribution in [0.4, 0.5) is 28.4 Å². The van der Waals surface area contributed by atoms with Crippen molar-refractivity contribution in [3.63, 3.8) is 0 Å². The number of halogens is 1. The highest BCUT2D eigenvalue weighted by molar-refractivity contribution is 6.31. The van der Waals surface area contributed by atoms with Gasteiger partial charge in [-0.2, -0.15) is 0 Å². The van der Waals surface area contributed by atoms with E-state index < -0.39 is 0 Å². The van der Waals surface area contributed by atoms with Crippen LogP contribution in [0.25, 0.3) is 10.9 Å². The van der Waals surface area contributed by atoms with Crippen LogP contribution in [-0.4, -0.2) is 144 Å². The fraction of sp³-hybridized carbons (Fsp3) is 0.512. The van der Waals surface area contributed by atoms with Crippen molar-refractivity contribution < 1.29 is 9.47 Å². The van der Waals surface area contributed by atoms with E-state index in [4.69, 9.17) is 26.8 Å². The number of nitrogens with two attached hydrogens (primary N) is 1. The van der Waals surface area contributed by atoms with E-state index in [0.717, 1.165) is 146 Å². The first kappa shape index (κ1) is 39.6. The molecule has 55 heavy (non-hydrogen) atoms. The number of rotatable bonds is 8. The van der Waals surface area contributed by atoms with E-state index in [0.29, 0.717) is 5.02 Å². The molecule has 8 rings (SSSR count). The van der Waals surface area contributed by atoms with E-state index in [1.165, 1.54) is 33.6 Å². The number of nitrogens with one attached hydrogen (secondary N) is 1. The van der Waals surface area contributed by atoms with Crippen LogP contribution in [0, 0.1) is 13.8 Å². The second-order valence-corrected chi connectivity index (χ2v) is 16.1. The van der Waals surface area contributed by atoms with Crippen molar-refractivity contribution in [2.45, 2.75) is 26.9 Å². The van der Waals surface area contributed by atoms with Gasteiger partial charge in [0.05, 0.1) is 31.9 Å². The molecule has 296 valence electrons. The van der Waals surface area contributed by atoms with Crippen LogP contribution in [-0.2, 0) is 22.6 Å². The monoisotopic (exact) mass is 769 g/mol. The van der Waals surface area contributed by atoms with Crippen molar-refractivity contribution in [3.05, 3.63) is 82.0 Å². The number of aromatic nitrogens is 1. The Hall–Kier alpha value is -3.68. The lowest BCUT2D eigenvalue weighted by Crippen LogP contribution is -2.45. The number of hydrogen-bond acceptors (Lipinski definition) is 11. The third kappa shape index (κ3) is 10.2.